The van der Waals surface area contributed by atoms with E-state index in [4.69, 9.17) is 5.73 Å². The average Bonchev–Trinajstić information content (AvgIpc) is 2.67. The first-order chi connectivity index (χ1) is 9.00. The third-order valence-corrected chi connectivity index (χ3v) is 3.13. The number of rotatable bonds is 4. The number of nitrogens with zero attached hydrogens (tertiary/aromatic N) is 4. The van der Waals surface area contributed by atoms with E-state index >= 15 is 0 Å². The van der Waals surface area contributed by atoms with E-state index in [9.17, 15) is 0 Å². The molecule has 0 saturated carbocycles. The van der Waals surface area contributed by atoms with Crippen LogP contribution >= 0.6 is 0 Å². The van der Waals surface area contributed by atoms with Gasteiger partial charge in [0.1, 0.15) is 0 Å². The maximum Gasteiger partial charge on any atom is 0.150 e. The van der Waals surface area contributed by atoms with E-state index in [0.29, 0.717) is 0 Å². The predicted molar refractivity (Wildman–Crippen MR) is 78.1 cm³/mol. The molecular weight excluding hydrogens is 238 g/mol. The summed E-state index contributed by atoms with van der Waals surface area (Å²) in [4.78, 5) is 6.16. The zero-order chi connectivity index (χ0) is 14.0. The molecule has 2 aromatic rings. The Morgan fingerprint density at radius 2 is 1.95 bits per heavy atom. The molecule has 0 saturated heterocycles. The lowest BCUT2D eigenvalue weighted by Crippen LogP contribution is -2.22. The van der Waals surface area contributed by atoms with Crippen LogP contribution < -0.4 is 10.6 Å². The fraction of sp³-hybridized carbons (Fsp3) is 0.429. The first-order valence-electron chi connectivity index (χ1n) is 6.45. The van der Waals surface area contributed by atoms with Crippen molar-refractivity contribution in [3.05, 3.63) is 35.8 Å². The Bertz CT molecular complexity index is 544. The van der Waals surface area contributed by atoms with Crippen LogP contribution in [0, 0.1) is 6.92 Å². The van der Waals surface area contributed by atoms with Crippen molar-refractivity contribution < 1.29 is 0 Å². The van der Waals surface area contributed by atoms with Crippen LogP contribution in [-0.4, -0.2) is 21.8 Å². The van der Waals surface area contributed by atoms with Gasteiger partial charge in [0.05, 0.1) is 11.4 Å². The number of nitrogens with two attached hydrogens (primary N) is 1. The molecule has 0 aliphatic carbocycles. The average molecular weight is 259 g/mol. The molecular formula is C14H21N5. The first kappa shape index (κ1) is 13.4. The minimum atomic E-state index is 0.283. The van der Waals surface area contributed by atoms with Crippen LogP contribution in [0.4, 0.5) is 11.5 Å². The Morgan fingerprint density at radius 3 is 2.53 bits per heavy atom. The van der Waals surface area contributed by atoms with E-state index in [2.05, 4.69) is 28.8 Å². The minimum Gasteiger partial charge on any atom is -0.394 e. The van der Waals surface area contributed by atoms with Gasteiger partial charge < -0.3 is 10.6 Å². The lowest BCUT2D eigenvalue weighted by atomic mass is 10.2. The maximum absolute atomic E-state index is 6.16. The van der Waals surface area contributed by atoms with Gasteiger partial charge in [-0.05, 0) is 38.5 Å². The summed E-state index contributed by atoms with van der Waals surface area (Å²) in [6.45, 7) is 6.94. The lowest BCUT2D eigenvalue weighted by Gasteiger charge is -2.22. The molecule has 0 unspecified atom stereocenters. The molecule has 0 amide bonds. The van der Waals surface area contributed by atoms with Gasteiger partial charge in [-0.15, -0.1) is 0 Å². The normalized spacial score (nSPS) is 11.0. The number of anilines is 2. The van der Waals surface area contributed by atoms with Gasteiger partial charge in [0.25, 0.3) is 0 Å². The third-order valence-electron chi connectivity index (χ3n) is 3.13. The highest BCUT2D eigenvalue weighted by Gasteiger charge is 2.18. The standard InChI is InChI=1S/C14H21N5/c1-10(2)19-14(13(15)11(3)17-19)18(4)9-12-5-7-16-8-6-12/h5-8,10H,9,15H2,1-4H3. The molecule has 5 nitrogen and oxygen atoms in total. The van der Waals surface area contributed by atoms with Crippen LogP contribution in [0.25, 0.3) is 0 Å². The first-order valence-corrected chi connectivity index (χ1v) is 6.45. The van der Waals surface area contributed by atoms with Gasteiger partial charge in [0, 0.05) is 32.0 Å². The van der Waals surface area contributed by atoms with Crippen molar-refractivity contribution in [2.75, 3.05) is 17.7 Å². The number of pyridine rings is 1. The second kappa shape index (κ2) is 5.30. The molecule has 0 aliphatic heterocycles. The van der Waals surface area contributed by atoms with Crippen molar-refractivity contribution in [2.24, 2.45) is 0 Å². The summed E-state index contributed by atoms with van der Waals surface area (Å²) in [6.07, 6.45) is 3.61. The van der Waals surface area contributed by atoms with E-state index in [0.717, 1.165) is 23.7 Å². The smallest absolute Gasteiger partial charge is 0.150 e. The van der Waals surface area contributed by atoms with Crippen LogP contribution in [0.2, 0.25) is 0 Å². The topological polar surface area (TPSA) is 60.0 Å². The third kappa shape index (κ3) is 2.70. The van der Waals surface area contributed by atoms with Gasteiger partial charge in [0.2, 0.25) is 0 Å². The molecule has 2 aromatic heterocycles. The zero-order valence-corrected chi connectivity index (χ0v) is 12.0. The van der Waals surface area contributed by atoms with Crippen molar-refractivity contribution in [3.8, 4) is 0 Å². The van der Waals surface area contributed by atoms with Gasteiger partial charge in [-0.3, -0.25) is 4.98 Å². The Kier molecular flexibility index (Phi) is 3.74. The van der Waals surface area contributed by atoms with Crippen molar-refractivity contribution in [1.29, 1.82) is 0 Å². The number of aryl methyl sites for hydroxylation is 1. The molecule has 0 atom stereocenters. The Balaban J connectivity index is 2.31. The van der Waals surface area contributed by atoms with Crippen LogP contribution in [0.5, 0.6) is 0 Å². The number of aromatic nitrogens is 3. The molecule has 0 fully saturated rings. The predicted octanol–water partition coefficient (Wildman–Crippen LogP) is 2.39. The summed E-state index contributed by atoms with van der Waals surface area (Å²) >= 11 is 0. The number of hydrogen-bond donors (Lipinski definition) is 1. The van der Waals surface area contributed by atoms with Gasteiger partial charge in [-0.1, -0.05) is 0 Å². The van der Waals surface area contributed by atoms with E-state index in [1.54, 1.807) is 12.4 Å². The van der Waals surface area contributed by atoms with Gasteiger partial charge in [-0.25, -0.2) is 4.68 Å². The SMILES string of the molecule is Cc1nn(C(C)C)c(N(C)Cc2ccncc2)c1N. The highest BCUT2D eigenvalue weighted by molar-refractivity contribution is 5.66. The summed E-state index contributed by atoms with van der Waals surface area (Å²) in [6, 6.07) is 4.30. The summed E-state index contributed by atoms with van der Waals surface area (Å²) in [5.41, 5.74) is 8.99. The van der Waals surface area contributed by atoms with Gasteiger partial charge >= 0.3 is 0 Å². The molecule has 5 heteroatoms. The van der Waals surface area contributed by atoms with E-state index in [1.165, 1.54) is 5.56 Å². The fourth-order valence-electron chi connectivity index (χ4n) is 2.13. The molecule has 2 heterocycles. The van der Waals surface area contributed by atoms with Crippen LogP contribution in [-0.2, 0) is 6.54 Å². The largest absolute Gasteiger partial charge is 0.394 e. The van der Waals surface area contributed by atoms with Gasteiger partial charge in [0.15, 0.2) is 5.82 Å². The molecule has 0 aliphatic rings. The molecule has 19 heavy (non-hydrogen) atoms. The lowest BCUT2D eigenvalue weighted by molar-refractivity contribution is 0.525. The molecule has 0 bridgehead atoms. The Hall–Kier alpha value is -2.04. The monoisotopic (exact) mass is 259 g/mol. The molecule has 102 valence electrons. The molecule has 0 spiro atoms. The zero-order valence-electron chi connectivity index (χ0n) is 12.0. The summed E-state index contributed by atoms with van der Waals surface area (Å²) in [5.74, 6) is 0.976. The number of hydrogen-bond acceptors (Lipinski definition) is 4. The fourth-order valence-corrected chi connectivity index (χ4v) is 2.13. The second-order valence-electron chi connectivity index (χ2n) is 5.07. The van der Waals surface area contributed by atoms with Crippen molar-refractivity contribution >= 4 is 11.5 Å². The van der Waals surface area contributed by atoms with Crippen molar-refractivity contribution in [1.82, 2.24) is 14.8 Å². The van der Waals surface area contributed by atoms with Gasteiger partial charge in [-0.2, -0.15) is 5.10 Å². The molecule has 0 aromatic carbocycles. The van der Waals surface area contributed by atoms with E-state index < -0.39 is 0 Å². The minimum absolute atomic E-state index is 0.283. The van der Waals surface area contributed by atoms with E-state index in [1.807, 2.05) is 30.8 Å². The second-order valence-corrected chi connectivity index (χ2v) is 5.07. The van der Waals surface area contributed by atoms with Crippen molar-refractivity contribution in [3.63, 3.8) is 0 Å². The highest BCUT2D eigenvalue weighted by Crippen LogP contribution is 2.29. The number of nitrogen functional groups attached to an aromatic ring is 1. The van der Waals surface area contributed by atoms with Crippen LogP contribution in [0.3, 0.4) is 0 Å². The summed E-state index contributed by atoms with van der Waals surface area (Å²) in [7, 11) is 2.03. The summed E-state index contributed by atoms with van der Waals surface area (Å²) in [5, 5.41) is 4.51. The van der Waals surface area contributed by atoms with Crippen LogP contribution in [0.15, 0.2) is 24.5 Å². The highest BCUT2D eigenvalue weighted by atomic mass is 15.4. The Labute approximate surface area is 114 Å². The van der Waals surface area contributed by atoms with Crippen LogP contribution in [0.1, 0.15) is 31.1 Å². The summed E-state index contributed by atoms with van der Waals surface area (Å²) < 4.78 is 1.98. The maximum atomic E-state index is 6.16. The van der Waals surface area contributed by atoms with E-state index in [-0.39, 0.29) is 6.04 Å². The molecule has 2 rings (SSSR count). The Morgan fingerprint density at radius 1 is 1.32 bits per heavy atom. The quantitative estimate of drug-likeness (QED) is 0.916. The van der Waals surface area contributed by atoms with Crippen molar-refractivity contribution in [2.45, 2.75) is 33.4 Å². The molecule has 0 radical (unpaired) electrons. The molecule has 2 N–H and O–H groups in total.